The third-order valence-electron chi connectivity index (χ3n) is 4.03. The van der Waals surface area contributed by atoms with Crippen LogP contribution in [-0.2, 0) is 10.3 Å². The van der Waals surface area contributed by atoms with Crippen molar-refractivity contribution in [3.63, 3.8) is 0 Å². The zero-order valence-corrected chi connectivity index (χ0v) is 13.1. The Labute approximate surface area is 130 Å². The molecular weight excluding hydrogens is 336 g/mol. The van der Waals surface area contributed by atoms with Crippen molar-refractivity contribution < 1.29 is 9.84 Å². The summed E-state index contributed by atoms with van der Waals surface area (Å²) in [6.45, 7) is 0. The number of hydrogen-bond acceptors (Lipinski definition) is 4. The van der Waals surface area contributed by atoms with E-state index in [-0.39, 0.29) is 17.0 Å². The van der Waals surface area contributed by atoms with Gasteiger partial charge in [-0.3, -0.25) is 4.79 Å². The van der Waals surface area contributed by atoms with Gasteiger partial charge in [-0.15, -0.1) is 0 Å². The number of hydrogen-bond donors (Lipinski definition) is 2. The minimum atomic E-state index is -0.566. The number of rotatable bonds is 3. The summed E-state index contributed by atoms with van der Waals surface area (Å²) in [7, 11) is 1.60. The van der Waals surface area contributed by atoms with E-state index in [4.69, 9.17) is 4.74 Å². The number of aromatic amines is 1. The number of benzene rings is 1. The van der Waals surface area contributed by atoms with Crippen molar-refractivity contribution in [2.45, 2.75) is 24.9 Å². The van der Waals surface area contributed by atoms with Gasteiger partial charge in [0, 0.05) is 17.1 Å². The molecule has 1 aromatic carbocycles. The van der Waals surface area contributed by atoms with Crippen molar-refractivity contribution in [3.8, 4) is 17.0 Å². The number of nitrogens with one attached hydrogen (secondary N) is 1. The zero-order chi connectivity index (χ0) is 15.0. The summed E-state index contributed by atoms with van der Waals surface area (Å²) in [4.78, 5) is 19.3. The van der Waals surface area contributed by atoms with E-state index in [0.717, 1.165) is 23.7 Å². The molecule has 0 bridgehead atoms. The topological polar surface area (TPSA) is 75.2 Å². The van der Waals surface area contributed by atoms with Gasteiger partial charge in [-0.05, 0) is 25.3 Å². The standard InChI is InChI=1S/C15H15BrN2O3/c1-21-15(7-4-8-15)14-17-12(19)11(13(20)18-14)9-5-2-3-6-10(9)16/h2-3,5-6H,4,7-8H2,1H3,(H2,17,18,19,20). The van der Waals surface area contributed by atoms with Crippen LogP contribution in [0.3, 0.4) is 0 Å². The van der Waals surface area contributed by atoms with Crippen molar-refractivity contribution in [1.82, 2.24) is 9.97 Å². The van der Waals surface area contributed by atoms with Gasteiger partial charge >= 0.3 is 0 Å². The molecule has 3 rings (SSSR count). The molecule has 6 heteroatoms. The van der Waals surface area contributed by atoms with Crippen molar-refractivity contribution in [1.29, 1.82) is 0 Å². The number of ether oxygens (including phenoxy) is 1. The predicted molar refractivity (Wildman–Crippen MR) is 82.2 cm³/mol. The highest BCUT2D eigenvalue weighted by molar-refractivity contribution is 9.10. The highest BCUT2D eigenvalue weighted by atomic mass is 79.9. The molecule has 0 unspecified atom stereocenters. The fourth-order valence-electron chi connectivity index (χ4n) is 2.62. The number of methoxy groups -OCH3 is 1. The molecule has 5 nitrogen and oxygen atoms in total. The minimum absolute atomic E-state index is 0.164. The Hall–Kier alpha value is -1.66. The van der Waals surface area contributed by atoms with Crippen molar-refractivity contribution in [2.24, 2.45) is 0 Å². The molecule has 21 heavy (non-hydrogen) atoms. The molecule has 0 spiro atoms. The SMILES string of the molecule is COC1(c2nc(O)c(-c3ccccc3Br)c(=O)[nH]2)CCC1. The first kappa shape index (κ1) is 14.3. The molecule has 1 aromatic heterocycles. The third kappa shape index (κ3) is 2.28. The summed E-state index contributed by atoms with van der Waals surface area (Å²) >= 11 is 3.38. The lowest BCUT2D eigenvalue weighted by Gasteiger charge is -2.39. The summed E-state index contributed by atoms with van der Waals surface area (Å²) in [5.41, 5.74) is -0.164. The van der Waals surface area contributed by atoms with Crippen LogP contribution >= 0.6 is 15.9 Å². The molecule has 1 heterocycles. The molecule has 0 amide bonds. The molecule has 0 atom stereocenters. The number of aromatic hydroxyl groups is 1. The summed E-state index contributed by atoms with van der Waals surface area (Å²) in [5.74, 6) is 0.124. The second-order valence-corrected chi connectivity index (χ2v) is 6.00. The van der Waals surface area contributed by atoms with Gasteiger partial charge in [0.1, 0.15) is 17.0 Å². The van der Waals surface area contributed by atoms with Gasteiger partial charge in [0.15, 0.2) is 0 Å². The normalized spacial score (nSPS) is 16.5. The van der Waals surface area contributed by atoms with Gasteiger partial charge in [0.25, 0.3) is 5.56 Å². The first-order valence-electron chi connectivity index (χ1n) is 6.71. The van der Waals surface area contributed by atoms with E-state index >= 15 is 0 Å². The molecular formula is C15H15BrN2O3. The molecule has 0 radical (unpaired) electrons. The number of H-pyrrole nitrogens is 1. The summed E-state index contributed by atoms with van der Waals surface area (Å²) in [6.07, 6.45) is 2.60. The van der Waals surface area contributed by atoms with Crippen molar-refractivity contribution in [2.75, 3.05) is 7.11 Å². The highest BCUT2D eigenvalue weighted by Crippen LogP contribution is 2.43. The molecule has 2 N–H and O–H groups in total. The fraction of sp³-hybridized carbons (Fsp3) is 0.333. The Morgan fingerprint density at radius 2 is 2.10 bits per heavy atom. The van der Waals surface area contributed by atoms with Gasteiger partial charge in [0.05, 0.1) is 0 Å². The maximum absolute atomic E-state index is 12.4. The largest absolute Gasteiger partial charge is 0.493 e. The zero-order valence-electron chi connectivity index (χ0n) is 11.5. The molecule has 0 saturated heterocycles. The van der Waals surface area contributed by atoms with Crippen LogP contribution in [0, 0.1) is 0 Å². The van der Waals surface area contributed by atoms with Crippen LogP contribution in [0.4, 0.5) is 0 Å². The monoisotopic (exact) mass is 350 g/mol. The fourth-order valence-corrected chi connectivity index (χ4v) is 3.10. The summed E-state index contributed by atoms with van der Waals surface area (Å²) < 4.78 is 6.21. The lowest BCUT2D eigenvalue weighted by Crippen LogP contribution is -2.39. The Bertz CT molecular complexity index is 732. The van der Waals surface area contributed by atoms with E-state index in [0.29, 0.717) is 11.4 Å². The van der Waals surface area contributed by atoms with Gasteiger partial charge in [-0.25, -0.2) is 0 Å². The Kier molecular flexibility index (Phi) is 3.59. The van der Waals surface area contributed by atoms with Gasteiger partial charge in [-0.1, -0.05) is 34.1 Å². The van der Waals surface area contributed by atoms with E-state index in [1.807, 2.05) is 12.1 Å². The lowest BCUT2D eigenvalue weighted by atomic mass is 9.79. The van der Waals surface area contributed by atoms with Crippen LogP contribution in [0.15, 0.2) is 33.5 Å². The molecule has 0 aliphatic heterocycles. The number of nitrogens with zero attached hydrogens (tertiary/aromatic N) is 1. The van der Waals surface area contributed by atoms with E-state index in [1.54, 1.807) is 19.2 Å². The van der Waals surface area contributed by atoms with E-state index in [2.05, 4.69) is 25.9 Å². The lowest BCUT2D eigenvalue weighted by molar-refractivity contribution is -0.0850. The van der Waals surface area contributed by atoms with Crippen LogP contribution in [0.1, 0.15) is 25.1 Å². The maximum Gasteiger partial charge on any atom is 0.262 e. The second-order valence-electron chi connectivity index (χ2n) is 5.14. The number of aromatic nitrogens is 2. The predicted octanol–water partition coefficient (Wildman–Crippen LogP) is 2.93. The number of halogens is 1. The first-order chi connectivity index (χ1) is 10.1. The average molecular weight is 351 g/mol. The maximum atomic E-state index is 12.4. The van der Waals surface area contributed by atoms with E-state index < -0.39 is 5.60 Å². The quantitative estimate of drug-likeness (QED) is 0.892. The van der Waals surface area contributed by atoms with Gasteiger partial charge in [0.2, 0.25) is 5.88 Å². The Morgan fingerprint density at radius 3 is 2.62 bits per heavy atom. The van der Waals surface area contributed by atoms with Crippen LogP contribution < -0.4 is 5.56 Å². The van der Waals surface area contributed by atoms with Crippen LogP contribution in [-0.4, -0.2) is 22.2 Å². The van der Waals surface area contributed by atoms with Crippen LogP contribution in [0.5, 0.6) is 5.88 Å². The minimum Gasteiger partial charge on any atom is -0.493 e. The molecule has 110 valence electrons. The Morgan fingerprint density at radius 1 is 1.38 bits per heavy atom. The van der Waals surface area contributed by atoms with Crippen LogP contribution in [0.2, 0.25) is 0 Å². The van der Waals surface area contributed by atoms with Gasteiger partial charge < -0.3 is 14.8 Å². The van der Waals surface area contributed by atoms with Crippen LogP contribution in [0.25, 0.3) is 11.1 Å². The molecule has 1 saturated carbocycles. The van der Waals surface area contributed by atoms with Crippen molar-refractivity contribution in [3.05, 3.63) is 44.9 Å². The van der Waals surface area contributed by atoms with E-state index in [9.17, 15) is 9.90 Å². The van der Waals surface area contributed by atoms with E-state index in [1.165, 1.54) is 0 Å². The second kappa shape index (κ2) is 5.27. The summed E-state index contributed by atoms with van der Waals surface area (Å²) in [6, 6.07) is 7.21. The highest BCUT2D eigenvalue weighted by Gasteiger charge is 2.42. The smallest absolute Gasteiger partial charge is 0.262 e. The molecule has 1 fully saturated rings. The summed E-state index contributed by atoms with van der Waals surface area (Å²) in [5, 5.41) is 10.2. The molecule has 2 aromatic rings. The first-order valence-corrected chi connectivity index (χ1v) is 7.50. The average Bonchev–Trinajstić information content (AvgIpc) is 2.39. The van der Waals surface area contributed by atoms with Gasteiger partial charge in [-0.2, -0.15) is 4.98 Å². The van der Waals surface area contributed by atoms with Crippen molar-refractivity contribution >= 4 is 15.9 Å². The third-order valence-corrected chi connectivity index (χ3v) is 4.72. The molecule has 1 aliphatic rings. The molecule has 1 aliphatic carbocycles. The Balaban J connectivity index is 2.14.